The zero-order chi connectivity index (χ0) is 21.8. The van der Waals surface area contributed by atoms with Gasteiger partial charge in [0.2, 0.25) is 11.8 Å². The van der Waals surface area contributed by atoms with E-state index >= 15 is 0 Å². The maximum atomic E-state index is 12.7. The molecule has 30 heavy (non-hydrogen) atoms. The van der Waals surface area contributed by atoms with Crippen molar-refractivity contribution in [1.82, 2.24) is 4.90 Å². The van der Waals surface area contributed by atoms with Crippen molar-refractivity contribution in [2.45, 2.75) is 25.5 Å². The largest absolute Gasteiger partial charge is 0.478 e. The minimum atomic E-state index is -1.04. The van der Waals surface area contributed by atoms with Gasteiger partial charge in [-0.3, -0.25) is 14.5 Å². The standard InChI is InChI=1S/C21H20ClN3O4S/c1-3-25-18(26)11-17(19(27)23-14-8-5-13(6-9-14)20(28)29)30-21(25)24-15-7-4-12(2)16(22)10-15/h4-10,17H,3,11H2,1-2H3,(H,23,27)(H,28,29). The number of amides is 2. The number of carbonyl (C=O) groups excluding carboxylic acids is 2. The maximum Gasteiger partial charge on any atom is 0.335 e. The van der Waals surface area contributed by atoms with Crippen LogP contribution in [0.1, 0.15) is 29.3 Å². The van der Waals surface area contributed by atoms with Gasteiger partial charge in [0, 0.05) is 23.7 Å². The van der Waals surface area contributed by atoms with Crippen molar-refractivity contribution >= 4 is 57.7 Å². The maximum absolute atomic E-state index is 12.7. The van der Waals surface area contributed by atoms with E-state index in [2.05, 4.69) is 10.3 Å². The minimum absolute atomic E-state index is 0.0468. The molecule has 1 saturated heterocycles. The van der Waals surface area contributed by atoms with Crippen molar-refractivity contribution in [1.29, 1.82) is 0 Å². The van der Waals surface area contributed by atoms with Gasteiger partial charge in [0.15, 0.2) is 5.17 Å². The molecule has 0 aromatic heterocycles. The van der Waals surface area contributed by atoms with Crippen molar-refractivity contribution < 1.29 is 19.5 Å². The van der Waals surface area contributed by atoms with Crippen LogP contribution in [0.3, 0.4) is 0 Å². The lowest BCUT2D eigenvalue weighted by Crippen LogP contribution is -2.45. The molecule has 0 aliphatic carbocycles. The zero-order valence-corrected chi connectivity index (χ0v) is 18.0. The molecular weight excluding hydrogens is 426 g/mol. The summed E-state index contributed by atoms with van der Waals surface area (Å²) in [7, 11) is 0. The molecular formula is C21H20ClN3O4S. The van der Waals surface area contributed by atoms with E-state index < -0.39 is 11.2 Å². The van der Waals surface area contributed by atoms with Gasteiger partial charge in [-0.2, -0.15) is 0 Å². The number of nitrogens with zero attached hydrogens (tertiary/aromatic N) is 2. The molecule has 1 unspecified atom stereocenters. The monoisotopic (exact) mass is 445 g/mol. The number of carboxylic acid groups (broad SMARTS) is 1. The minimum Gasteiger partial charge on any atom is -0.478 e. The van der Waals surface area contributed by atoms with Crippen LogP contribution in [0.25, 0.3) is 0 Å². The molecule has 1 heterocycles. The third-order valence-corrected chi connectivity index (χ3v) is 6.12. The number of hydrogen-bond donors (Lipinski definition) is 2. The van der Waals surface area contributed by atoms with Gasteiger partial charge in [0.25, 0.3) is 0 Å². The normalized spacial score (nSPS) is 17.8. The van der Waals surface area contributed by atoms with E-state index in [0.717, 1.165) is 5.56 Å². The van der Waals surface area contributed by atoms with Gasteiger partial charge in [-0.25, -0.2) is 9.79 Å². The lowest BCUT2D eigenvalue weighted by atomic mass is 10.2. The molecule has 2 aromatic rings. The fraction of sp³-hybridized carbons (Fsp3) is 0.238. The number of aliphatic imine (C=N–C) groups is 1. The van der Waals surface area contributed by atoms with Gasteiger partial charge in [0.1, 0.15) is 5.25 Å². The molecule has 0 bridgehead atoms. The van der Waals surface area contributed by atoms with E-state index in [4.69, 9.17) is 16.7 Å². The van der Waals surface area contributed by atoms with Crippen LogP contribution in [0.2, 0.25) is 5.02 Å². The Morgan fingerprint density at radius 1 is 1.27 bits per heavy atom. The van der Waals surface area contributed by atoms with Crippen molar-refractivity contribution in [2.24, 2.45) is 4.99 Å². The summed E-state index contributed by atoms with van der Waals surface area (Å²) < 4.78 is 0. The SMILES string of the molecule is CCN1C(=O)CC(C(=O)Nc2ccc(C(=O)O)cc2)SC1=Nc1ccc(C)c(Cl)c1. The Morgan fingerprint density at radius 3 is 2.57 bits per heavy atom. The molecule has 2 aromatic carbocycles. The number of carboxylic acids is 1. The zero-order valence-electron chi connectivity index (χ0n) is 16.4. The van der Waals surface area contributed by atoms with Crippen molar-refractivity contribution in [3.05, 3.63) is 58.6 Å². The number of aryl methyl sites for hydroxylation is 1. The van der Waals surface area contributed by atoms with Gasteiger partial charge in [-0.15, -0.1) is 0 Å². The molecule has 0 radical (unpaired) electrons. The van der Waals surface area contributed by atoms with Crippen LogP contribution in [0, 0.1) is 6.92 Å². The van der Waals surface area contributed by atoms with E-state index in [-0.39, 0.29) is 23.8 Å². The van der Waals surface area contributed by atoms with E-state index in [9.17, 15) is 14.4 Å². The molecule has 1 aliphatic rings. The second-order valence-electron chi connectivity index (χ2n) is 6.65. The van der Waals surface area contributed by atoms with Crippen LogP contribution in [0.5, 0.6) is 0 Å². The van der Waals surface area contributed by atoms with Gasteiger partial charge < -0.3 is 10.4 Å². The summed E-state index contributed by atoms with van der Waals surface area (Å²) in [6.07, 6.45) is 0.0468. The Hall–Kier alpha value is -2.84. The van der Waals surface area contributed by atoms with Gasteiger partial charge >= 0.3 is 5.97 Å². The first-order valence-electron chi connectivity index (χ1n) is 9.24. The highest BCUT2D eigenvalue weighted by molar-refractivity contribution is 8.15. The Labute approximate surface area is 183 Å². The fourth-order valence-electron chi connectivity index (χ4n) is 2.83. The summed E-state index contributed by atoms with van der Waals surface area (Å²) in [6.45, 7) is 4.18. The smallest absolute Gasteiger partial charge is 0.335 e. The first-order valence-corrected chi connectivity index (χ1v) is 10.5. The second kappa shape index (κ2) is 9.32. The van der Waals surface area contributed by atoms with Crippen LogP contribution in [0.4, 0.5) is 11.4 Å². The topological polar surface area (TPSA) is 99.1 Å². The summed E-state index contributed by atoms with van der Waals surface area (Å²) in [5.41, 5.74) is 2.11. The Balaban J connectivity index is 1.79. The third-order valence-electron chi connectivity index (χ3n) is 4.53. The highest BCUT2D eigenvalue weighted by atomic mass is 35.5. The second-order valence-corrected chi connectivity index (χ2v) is 8.23. The van der Waals surface area contributed by atoms with E-state index in [1.165, 1.54) is 36.0 Å². The van der Waals surface area contributed by atoms with Gasteiger partial charge in [-0.05, 0) is 55.8 Å². The first kappa shape index (κ1) is 21.9. The number of carbonyl (C=O) groups is 3. The van der Waals surface area contributed by atoms with Crippen LogP contribution < -0.4 is 5.32 Å². The molecule has 1 fully saturated rings. The number of halogens is 1. The van der Waals surface area contributed by atoms with Crippen molar-refractivity contribution in [3.8, 4) is 0 Å². The molecule has 1 atom stereocenters. The number of anilines is 1. The quantitative estimate of drug-likeness (QED) is 0.713. The van der Waals surface area contributed by atoms with Gasteiger partial charge in [-0.1, -0.05) is 29.4 Å². The third kappa shape index (κ3) is 5.01. The molecule has 7 nitrogen and oxygen atoms in total. The van der Waals surface area contributed by atoms with Crippen LogP contribution in [-0.4, -0.2) is 44.8 Å². The Morgan fingerprint density at radius 2 is 1.97 bits per heavy atom. The summed E-state index contributed by atoms with van der Waals surface area (Å²) in [5.74, 6) is -1.57. The van der Waals surface area contributed by atoms with E-state index in [0.29, 0.717) is 28.1 Å². The summed E-state index contributed by atoms with van der Waals surface area (Å²) >= 11 is 7.39. The van der Waals surface area contributed by atoms with Crippen LogP contribution in [0.15, 0.2) is 47.5 Å². The summed E-state index contributed by atoms with van der Waals surface area (Å²) in [5, 5.41) is 12.1. The molecule has 1 aliphatic heterocycles. The summed E-state index contributed by atoms with van der Waals surface area (Å²) in [4.78, 5) is 42.4. The molecule has 3 rings (SSSR count). The average molecular weight is 446 g/mol. The Kier molecular flexibility index (Phi) is 6.79. The van der Waals surface area contributed by atoms with Crippen molar-refractivity contribution in [2.75, 3.05) is 11.9 Å². The number of nitrogens with one attached hydrogen (secondary N) is 1. The molecule has 156 valence electrons. The van der Waals surface area contributed by atoms with E-state index in [1.807, 2.05) is 19.9 Å². The highest BCUT2D eigenvalue weighted by Crippen LogP contribution is 2.31. The number of amidine groups is 1. The Bertz CT molecular complexity index is 1020. The molecule has 2 N–H and O–H groups in total. The first-order chi connectivity index (χ1) is 14.3. The number of aromatic carboxylic acids is 1. The number of benzene rings is 2. The molecule has 0 saturated carbocycles. The van der Waals surface area contributed by atoms with Crippen molar-refractivity contribution in [3.63, 3.8) is 0 Å². The van der Waals surface area contributed by atoms with Crippen LogP contribution in [-0.2, 0) is 9.59 Å². The molecule has 9 heteroatoms. The predicted octanol–water partition coefficient (Wildman–Crippen LogP) is 4.33. The number of rotatable bonds is 5. The molecule has 0 spiro atoms. The van der Waals surface area contributed by atoms with Crippen LogP contribution >= 0.6 is 23.4 Å². The summed E-state index contributed by atoms with van der Waals surface area (Å²) in [6, 6.07) is 11.2. The number of hydrogen-bond acceptors (Lipinski definition) is 5. The number of thioether (sulfide) groups is 1. The van der Waals surface area contributed by atoms with E-state index in [1.54, 1.807) is 17.0 Å². The average Bonchev–Trinajstić information content (AvgIpc) is 2.71. The molecule has 2 amide bonds. The predicted molar refractivity (Wildman–Crippen MR) is 119 cm³/mol. The highest BCUT2D eigenvalue weighted by Gasteiger charge is 2.35. The lowest BCUT2D eigenvalue weighted by Gasteiger charge is -2.31. The lowest BCUT2D eigenvalue weighted by molar-refractivity contribution is -0.129. The fourth-order valence-corrected chi connectivity index (χ4v) is 4.17. The van der Waals surface area contributed by atoms with Gasteiger partial charge in [0.05, 0.1) is 11.3 Å².